The Balaban J connectivity index is 1.65. The summed E-state index contributed by atoms with van der Waals surface area (Å²) in [6.07, 6.45) is 28.0. The lowest BCUT2D eigenvalue weighted by Gasteiger charge is -2.26. The van der Waals surface area contributed by atoms with E-state index in [1.807, 2.05) is 0 Å². The van der Waals surface area contributed by atoms with Crippen molar-refractivity contribution in [2.75, 3.05) is 0 Å². The monoisotopic (exact) mass is 874 g/mol. The molecule has 0 saturated carbocycles. The van der Waals surface area contributed by atoms with Gasteiger partial charge in [0.2, 0.25) is 0 Å². The van der Waals surface area contributed by atoms with Gasteiger partial charge in [-0.3, -0.25) is 0 Å². The molecule has 0 radical (unpaired) electrons. The number of benzene rings is 3. The molecule has 0 aliphatic heterocycles. The number of aryl methyl sites for hydroxylation is 4. The van der Waals surface area contributed by atoms with E-state index in [-0.39, 0.29) is 0 Å². The van der Waals surface area contributed by atoms with E-state index >= 15 is 0 Å². The van der Waals surface area contributed by atoms with E-state index in [0.717, 1.165) is 12.8 Å². The molecule has 0 amide bonds. The minimum atomic E-state index is 1.09. The average molecular weight is 879 g/mol. The zero-order valence-electron chi connectivity index (χ0n) is 28.4. The second kappa shape index (κ2) is 18.5. The molecule has 0 spiro atoms. The van der Waals surface area contributed by atoms with Crippen molar-refractivity contribution in [2.24, 2.45) is 0 Å². The normalized spacial score (nSPS) is 14.4. The molecule has 5 rings (SSSR count). The van der Waals surface area contributed by atoms with Crippen LogP contribution < -0.4 is 0 Å². The van der Waals surface area contributed by atoms with Crippen LogP contribution in [0.1, 0.15) is 150 Å². The lowest BCUT2D eigenvalue weighted by molar-refractivity contribution is 0.605. The Hall–Kier alpha value is -0.420. The Labute approximate surface area is 314 Å². The van der Waals surface area contributed by atoms with Crippen molar-refractivity contribution in [3.63, 3.8) is 0 Å². The molecule has 2 aliphatic rings. The van der Waals surface area contributed by atoms with Gasteiger partial charge < -0.3 is 0 Å². The predicted octanol–water partition coefficient (Wildman–Crippen LogP) is 15.6. The summed E-state index contributed by atoms with van der Waals surface area (Å²) in [6.45, 7) is 4.62. The van der Waals surface area contributed by atoms with Gasteiger partial charge in [0.25, 0.3) is 0 Å². The molecule has 0 fully saturated rings. The first-order chi connectivity index (χ1) is 22.4. The van der Waals surface area contributed by atoms with E-state index in [4.69, 9.17) is 0 Å². The molecule has 3 aromatic rings. The maximum absolute atomic E-state index is 4.36. The van der Waals surface area contributed by atoms with Gasteiger partial charge in [0.1, 0.15) is 0 Å². The molecule has 4 heteroatoms. The van der Waals surface area contributed by atoms with Crippen LogP contribution in [0.3, 0.4) is 0 Å². The van der Waals surface area contributed by atoms with Gasteiger partial charge in [0, 0.05) is 29.0 Å². The molecule has 0 bridgehead atoms. The fourth-order valence-electron chi connectivity index (χ4n) is 7.88. The first kappa shape index (κ1) is 36.9. The molecule has 0 atom stereocenters. The lowest BCUT2D eigenvalue weighted by Crippen LogP contribution is -2.07. The third-order valence-electron chi connectivity index (χ3n) is 10.5. The highest BCUT2D eigenvalue weighted by Crippen LogP contribution is 2.50. The van der Waals surface area contributed by atoms with Crippen molar-refractivity contribution < 1.29 is 0 Å². The summed E-state index contributed by atoms with van der Waals surface area (Å²) in [5.41, 5.74) is 14.7. The molecule has 0 aromatic heterocycles. The van der Waals surface area contributed by atoms with Crippen molar-refractivity contribution in [1.29, 1.82) is 0 Å². The van der Waals surface area contributed by atoms with E-state index in [1.54, 1.807) is 11.1 Å². The standard InChI is InChI=1S/C42H54Br4/c1-3-5-7-9-11-13-23-33-39(35-25-29-19-15-17-21-31(29)27-37(35)43)42(46)34(24-14-12-10-8-6-4-2)40(41(33)45)36-26-30-20-16-18-22-32(30)28-38(36)44/h25-28H,3-24H2,1-2H3. The quantitative estimate of drug-likeness (QED) is 0.126. The molecule has 0 nitrogen and oxygen atoms in total. The second-order valence-corrected chi connectivity index (χ2v) is 17.3. The van der Waals surface area contributed by atoms with Crippen LogP contribution in [0.5, 0.6) is 0 Å². The highest BCUT2D eigenvalue weighted by Gasteiger charge is 2.27. The van der Waals surface area contributed by atoms with Gasteiger partial charge in [0.15, 0.2) is 0 Å². The van der Waals surface area contributed by atoms with Crippen LogP contribution in [-0.4, -0.2) is 0 Å². The third-order valence-corrected chi connectivity index (χ3v) is 13.6. The molecule has 0 unspecified atom stereocenters. The first-order valence-electron chi connectivity index (χ1n) is 18.6. The van der Waals surface area contributed by atoms with Gasteiger partial charge in [-0.1, -0.05) is 110 Å². The molecule has 0 N–H and O–H groups in total. The van der Waals surface area contributed by atoms with Crippen LogP contribution in [0.4, 0.5) is 0 Å². The maximum atomic E-state index is 4.36. The fraction of sp³-hybridized carbons (Fsp3) is 0.571. The van der Waals surface area contributed by atoms with E-state index in [1.165, 1.54) is 191 Å². The molecule has 250 valence electrons. The van der Waals surface area contributed by atoms with Crippen molar-refractivity contribution in [3.05, 3.63) is 75.5 Å². The summed E-state index contributed by atoms with van der Waals surface area (Å²) >= 11 is 16.9. The van der Waals surface area contributed by atoms with Gasteiger partial charge in [-0.25, -0.2) is 0 Å². The number of unbranched alkanes of at least 4 members (excludes halogenated alkanes) is 10. The summed E-state index contributed by atoms with van der Waals surface area (Å²) in [5, 5.41) is 0. The molecule has 3 aromatic carbocycles. The van der Waals surface area contributed by atoms with E-state index < -0.39 is 0 Å². The summed E-state index contributed by atoms with van der Waals surface area (Å²) in [5.74, 6) is 0. The third kappa shape index (κ3) is 9.02. The highest BCUT2D eigenvalue weighted by molar-refractivity contribution is 9.11. The van der Waals surface area contributed by atoms with Gasteiger partial charge in [-0.2, -0.15) is 0 Å². The maximum Gasteiger partial charge on any atom is 0.0295 e. The Morgan fingerprint density at radius 1 is 0.435 bits per heavy atom. The molecule has 0 saturated heterocycles. The van der Waals surface area contributed by atoms with Crippen molar-refractivity contribution in [3.8, 4) is 22.3 Å². The highest BCUT2D eigenvalue weighted by atomic mass is 79.9. The van der Waals surface area contributed by atoms with E-state index in [9.17, 15) is 0 Å². The Kier molecular flexibility index (Phi) is 14.9. The largest absolute Gasteiger partial charge is 0.0654 e. The van der Waals surface area contributed by atoms with Crippen LogP contribution in [0.2, 0.25) is 0 Å². The number of halogens is 4. The van der Waals surface area contributed by atoms with E-state index in [2.05, 4.69) is 102 Å². The van der Waals surface area contributed by atoms with Crippen LogP contribution in [0.15, 0.2) is 42.2 Å². The lowest BCUT2D eigenvalue weighted by atomic mass is 9.83. The summed E-state index contributed by atoms with van der Waals surface area (Å²) in [7, 11) is 0. The molecule has 2 aliphatic carbocycles. The topological polar surface area (TPSA) is 0 Å². The summed E-state index contributed by atoms with van der Waals surface area (Å²) < 4.78 is 5.14. The Bertz CT molecular complexity index is 1360. The number of hydrogen-bond acceptors (Lipinski definition) is 0. The fourth-order valence-corrected chi connectivity index (χ4v) is 10.8. The van der Waals surface area contributed by atoms with Gasteiger partial charge in [0.05, 0.1) is 0 Å². The van der Waals surface area contributed by atoms with Crippen LogP contribution >= 0.6 is 63.7 Å². The molecular formula is C42H54Br4. The van der Waals surface area contributed by atoms with Gasteiger partial charge in [-0.15, -0.1) is 0 Å². The molecular weight excluding hydrogens is 824 g/mol. The SMILES string of the molecule is CCCCCCCCc1c(Br)c(-c2cc3c(cc2Br)CCCC3)c(CCCCCCCC)c(Br)c1-c1cc2c(cc1Br)CCCC2. The second-order valence-electron chi connectivity index (χ2n) is 14.0. The molecule has 46 heavy (non-hydrogen) atoms. The van der Waals surface area contributed by atoms with Crippen molar-refractivity contribution >= 4 is 63.7 Å². The Morgan fingerprint density at radius 2 is 0.761 bits per heavy atom. The number of rotatable bonds is 16. The van der Waals surface area contributed by atoms with Crippen LogP contribution in [0, 0.1) is 0 Å². The number of hydrogen-bond donors (Lipinski definition) is 0. The minimum absolute atomic E-state index is 1.09. The predicted molar refractivity (Wildman–Crippen MR) is 216 cm³/mol. The van der Waals surface area contributed by atoms with Crippen LogP contribution in [0.25, 0.3) is 22.3 Å². The zero-order chi connectivity index (χ0) is 32.5. The van der Waals surface area contributed by atoms with Crippen molar-refractivity contribution in [2.45, 2.75) is 155 Å². The first-order valence-corrected chi connectivity index (χ1v) is 21.8. The molecule has 0 heterocycles. The average Bonchev–Trinajstić information content (AvgIpc) is 3.06. The minimum Gasteiger partial charge on any atom is -0.0654 e. The smallest absolute Gasteiger partial charge is 0.0295 e. The van der Waals surface area contributed by atoms with Gasteiger partial charge >= 0.3 is 0 Å². The number of fused-ring (bicyclic) bond motifs is 2. The Morgan fingerprint density at radius 3 is 1.13 bits per heavy atom. The van der Waals surface area contributed by atoms with E-state index in [0.29, 0.717) is 0 Å². The van der Waals surface area contributed by atoms with Gasteiger partial charge in [-0.05, 0) is 178 Å². The van der Waals surface area contributed by atoms with Crippen molar-refractivity contribution in [1.82, 2.24) is 0 Å². The zero-order valence-corrected chi connectivity index (χ0v) is 34.7. The van der Waals surface area contributed by atoms with Crippen LogP contribution in [-0.2, 0) is 38.5 Å². The summed E-state index contributed by atoms with van der Waals surface area (Å²) in [6, 6.07) is 9.97. The summed E-state index contributed by atoms with van der Waals surface area (Å²) in [4.78, 5) is 0.